The summed E-state index contributed by atoms with van der Waals surface area (Å²) in [5, 5.41) is 2.18. The third-order valence-corrected chi connectivity index (χ3v) is 3.04. The topological polar surface area (TPSA) is 68.3 Å². The summed E-state index contributed by atoms with van der Waals surface area (Å²) in [7, 11) is 2.35. The molecule has 0 saturated carbocycles. The number of nitrogens with zero attached hydrogens (tertiary/aromatic N) is 1. The Hall–Kier alpha value is -2.90. The van der Waals surface area contributed by atoms with Gasteiger partial charge in [0.05, 0.1) is 18.2 Å². The molecule has 0 atom stereocenters. The van der Waals surface area contributed by atoms with Crippen molar-refractivity contribution in [3.05, 3.63) is 53.0 Å². The summed E-state index contributed by atoms with van der Waals surface area (Å²) in [6.45, 7) is 0. The van der Waals surface area contributed by atoms with Crippen molar-refractivity contribution in [1.82, 2.24) is 10.3 Å². The van der Waals surface area contributed by atoms with Crippen molar-refractivity contribution in [3.63, 3.8) is 0 Å². The van der Waals surface area contributed by atoms with Crippen molar-refractivity contribution in [3.8, 4) is 11.3 Å². The van der Waals surface area contributed by atoms with Gasteiger partial charge in [0, 0.05) is 7.05 Å². The van der Waals surface area contributed by atoms with Crippen LogP contribution in [0.1, 0.15) is 20.8 Å². The molecule has 0 aliphatic carbocycles. The molecule has 0 aliphatic heterocycles. The zero-order chi connectivity index (χ0) is 17.1. The number of benzene rings is 1. The highest BCUT2D eigenvalue weighted by Gasteiger charge is 2.24. The van der Waals surface area contributed by atoms with Gasteiger partial charge in [-0.15, -0.1) is 0 Å². The van der Waals surface area contributed by atoms with E-state index in [0.29, 0.717) is 0 Å². The summed E-state index contributed by atoms with van der Waals surface area (Å²) in [5.74, 6) is -5.16. The quantitative estimate of drug-likeness (QED) is 0.880. The van der Waals surface area contributed by atoms with E-state index in [1.54, 1.807) is 0 Å². The van der Waals surface area contributed by atoms with E-state index in [1.807, 2.05) is 0 Å². The van der Waals surface area contributed by atoms with Gasteiger partial charge in [0.15, 0.2) is 0 Å². The molecule has 0 unspecified atom stereocenters. The highest BCUT2D eigenvalue weighted by Crippen LogP contribution is 2.29. The van der Waals surface area contributed by atoms with E-state index in [-0.39, 0.29) is 5.69 Å². The van der Waals surface area contributed by atoms with Crippen LogP contribution < -0.4 is 5.32 Å². The van der Waals surface area contributed by atoms with Crippen LogP contribution in [0.4, 0.5) is 13.2 Å². The molecule has 8 heteroatoms. The first-order valence-electron chi connectivity index (χ1n) is 6.36. The van der Waals surface area contributed by atoms with Gasteiger partial charge in [-0.05, 0) is 24.3 Å². The fourth-order valence-electron chi connectivity index (χ4n) is 1.92. The Bertz CT molecular complexity index is 794. The first-order chi connectivity index (χ1) is 10.9. The minimum atomic E-state index is -1.28. The molecule has 2 rings (SSSR count). The molecule has 5 nitrogen and oxygen atoms in total. The lowest BCUT2D eigenvalue weighted by molar-refractivity contribution is 0.0594. The SMILES string of the molecule is CNC(=O)c1ccc(F)c(-c2nc(C(=O)OC)ccc2F)c1F. The van der Waals surface area contributed by atoms with Crippen molar-refractivity contribution in [2.24, 2.45) is 0 Å². The maximum atomic E-state index is 14.4. The molecule has 0 fully saturated rings. The second-order valence-corrected chi connectivity index (χ2v) is 4.38. The lowest BCUT2D eigenvalue weighted by Gasteiger charge is -2.10. The Morgan fingerprint density at radius 3 is 2.35 bits per heavy atom. The molecule has 0 saturated heterocycles. The van der Waals surface area contributed by atoms with Gasteiger partial charge in [-0.3, -0.25) is 4.79 Å². The number of hydrogen-bond donors (Lipinski definition) is 1. The second-order valence-electron chi connectivity index (χ2n) is 4.38. The monoisotopic (exact) mass is 324 g/mol. The fourth-order valence-corrected chi connectivity index (χ4v) is 1.92. The maximum Gasteiger partial charge on any atom is 0.356 e. The van der Waals surface area contributed by atoms with Crippen molar-refractivity contribution in [1.29, 1.82) is 0 Å². The van der Waals surface area contributed by atoms with E-state index in [0.717, 1.165) is 31.4 Å². The number of pyridine rings is 1. The molecule has 2 aromatic rings. The highest BCUT2D eigenvalue weighted by molar-refractivity contribution is 5.95. The predicted molar refractivity (Wildman–Crippen MR) is 74.3 cm³/mol. The van der Waals surface area contributed by atoms with E-state index in [2.05, 4.69) is 15.0 Å². The average molecular weight is 324 g/mol. The van der Waals surface area contributed by atoms with E-state index in [9.17, 15) is 22.8 Å². The Balaban J connectivity index is 2.71. The molecule has 1 N–H and O–H groups in total. The lowest BCUT2D eigenvalue weighted by Crippen LogP contribution is -2.20. The molecular formula is C15H11F3N2O3. The number of carbonyl (C=O) groups excluding carboxylic acids is 2. The first kappa shape index (κ1) is 16.5. The van der Waals surface area contributed by atoms with Crippen LogP contribution in [0.25, 0.3) is 11.3 Å². The van der Waals surface area contributed by atoms with Crippen LogP contribution in [-0.4, -0.2) is 31.0 Å². The van der Waals surface area contributed by atoms with E-state index < -0.39 is 46.1 Å². The fraction of sp³-hybridized carbons (Fsp3) is 0.133. The lowest BCUT2D eigenvalue weighted by atomic mass is 10.0. The number of methoxy groups -OCH3 is 1. The number of halogens is 3. The molecule has 23 heavy (non-hydrogen) atoms. The van der Waals surface area contributed by atoms with Crippen LogP contribution in [0.5, 0.6) is 0 Å². The standard InChI is InChI=1S/C15H11F3N2O3/c1-19-14(21)7-3-4-8(16)11(12(7)18)13-9(17)5-6-10(20-13)15(22)23-2/h3-6H,1-2H3,(H,19,21). The molecule has 0 spiro atoms. The van der Waals surface area contributed by atoms with Crippen LogP contribution in [0.2, 0.25) is 0 Å². The number of carbonyl (C=O) groups is 2. The van der Waals surface area contributed by atoms with Crippen LogP contribution in [0, 0.1) is 17.5 Å². The number of ether oxygens (including phenoxy) is 1. The maximum absolute atomic E-state index is 14.4. The second kappa shape index (κ2) is 6.47. The highest BCUT2D eigenvalue weighted by atomic mass is 19.1. The van der Waals surface area contributed by atoms with Crippen molar-refractivity contribution < 1.29 is 27.5 Å². The molecule has 0 radical (unpaired) electrons. The number of amides is 1. The van der Waals surface area contributed by atoms with Crippen LogP contribution >= 0.6 is 0 Å². The minimum absolute atomic E-state index is 0.326. The average Bonchev–Trinajstić information content (AvgIpc) is 2.55. The van der Waals surface area contributed by atoms with E-state index >= 15 is 0 Å². The zero-order valence-electron chi connectivity index (χ0n) is 12.1. The van der Waals surface area contributed by atoms with Gasteiger partial charge in [0.1, 0.15) is 28.8 Å². The molecule has 1 heterocycles. The summed E-state index contributed by atoms with van der Waals surface area (Å²) in [6, 6.07) is 3.59. The van der Waals surface area contributed by atoms with Gasteiger partial charge in [-0.2, -0.15) is 0 Å². The Morgan fingerprint density at radius 2 is 1.74 bits per heavy atom. The van der Waals surface area contributed by atoms with Gasteiger partial charge in [-0.1, -0.05) is 0 Å². The van der Waals surface area contributed by atoms with Gasteiger partial charge in [0.2, 0.25) is 0 Å². The zero-order valence-corrected chi connectivity index (χ0v) is 12.1. The first-order valence-corrected chi connectivity index (χ1v) is 6.36. The normalized spacial score (nSPS) is 10.3. The molecule has 1 aromatic carbocycles. The van der Waals surface area contributed by atoms with E-state index in [4.69, 9.17) is 0 Å². The van der Waals surface area contributed by atoms with Crippen molar-refractivity contribution >= 4 is 11.9 Å². The van der Waals surface area contributed by atoms with Gasteiger partial charge in [0.25, 0.3) is 5.91 Å². The molecule has 1 amide bonds. The molecule has 0 aliphatic rings. The summed E-state index contributed by atoms with van der Waals surface area (Å²) in [6.07, 6.45) is 0. The van der Waals surface area contributed by atoms with Crippen molar-refractivity contribution in [2.75, 3.05) is 14.2 Å². The largest absolute Gasteiger partial charge is 0.464 e. The van der Waals surface area contributed by atoms with E-state index in [1.165, 1.54) is 7.05 Å². The summed E-state index contributed by atoms with van der Waals surface area (Å²) < 4.78 is 46.8. The van der Waals surface area contributed by atoms with Crippen LogP contribution in [0.3, 0.4) is 0 Å². The Labute approximate surface area is 129 Å². The third kappa shape index (κ3) is 3.01. The minimum Gasteiger partial charge on any atom is -0.464 e. The summed E-state index contributed by atoms with van der Waals surface area (Å²) in [5.41, 5.74) is -2.37. The van der Waals surface area contributed by atoms with Gasteiger partial charge in [-0.25, -0.2) is 22.9 Å². The van der Waals surface area contributed by atoms with Gasteiger partial charge >= 0.3 is 5.97 Å². The molecular weight excluding hydrogens is 313 g/mol. The number of nitrogens with one attached hydrogen (secondary N) is 1. The number of esters is 1. The number of hydrogen-bond acceptors (Lipinski definition) is 4. The molecule has 0 bridgehead atoms. The Morgan fingerprint density at radius 1 is 1.09 bits per heavy atom. The van der Waals surface area contributed by atoms with Crippen molar-refractivity contribution in [2.45, 2.75) is 0 Å². The predicted octanol–water partition coefficient (Wildman–Crippen LogP) is 2.31. The Kier molecular flexibility index (Phi) is 4.63. The van der Waals surface area contributed by atoms with Crippen LogP contribution in [0.15, 0.2) is 24.3 Å². The number of rotatable bonds is 3. The number of aromatic nitrogens is 1. The van der Waals surface area contributed by atoms with Crippen LogP contribution in [-0.2, 0) is 4.74 Å². The summed E-state index contributed by atoms with van der Waals surface area (Å²) >= 11 is 0. The molecule has 1 aromatic heterocycles. The smallest absolute Gasteiger partial charge is 0.356 e. The summed E-state index contributed by atoms with van der Waals surface area (Å²) in [4.78, 5) is 26.6. The third-order valence-electron chi connectivity index (χ3n) is 3.04. The molecule has 120 valence electrons. The van der Waals surface area contributed by atoms with Gasteiger partial charge < -0.3 is 10.1 Å².